The highest BCUT2D eigenvalue weighted by Crippen LogP contribution is 2.65. The van der Waals surface area contributed by atoms with Crippen molar-refractivity contribution in [1.82, 2.24) is 9.97 Å². The maximum atomic E-state index is 5.20. The second-order valence-corrected chi connectivity index (χ2v) is 25.8. The van der Waals surface area contributed by atoms with Crippen LogP contribution in [-0.2, 0) is 16.2 Å². The summed E-state index contributed by atoms with van der Waals surface area (Å²) in [5.41, 5.74) is 17.3. The van der Waals surface area contributed by atoms with Crippen molar-refractivity contribution >= 4 is 66.1 Å². The minimum atomic E-state index is -0.638. The summed E-state index contributed by atoms with van der Waals surface area (Å²) in [6.07, 6.45) is 13.4. The van der Waals surface area contributed by atoms with E-state index in [1.54, 1.807) is 0 Å². The van der Waals surface area contributed by atoms with E-state index in [0.717, 1.165) is 37.3 Å². The van der Waals surface area contributed by atoms with E-state index >= 15 is 0 Å². The van der Waals surface area contributed by atoms with Gasteiger partial charge in [0.15, 0.2) is 0 Å². The van der Waals surface area contributed by atoms with Gasteiger partial charge in [-0.25, -0.2) is 9.97 Å². The third-order valence-corrected chi connectivity index (χ3v) is 22.1. The highest BCUT2D eigenvalue weighted by atomic mass is 15.3. The Bertz CT molecular complexity index is 4630. The molecule has 0 radical (unpaired) electrons. The molecule has 4 nitrogen and oxygen atoms in total. The Morgan fingerprint density at radius 3 is 1.33 bits per heavy atom. The number of hydrogen-bond acceptors (Lipinski definition) is 4. The first-order valence-corrected chi connectivity index (χ1v) is 30.5. The predicted molar refractivity (Wildman–Crippen MR) is 346 cm³/mol. The Kier molecular flexibility index (Phi) is 10.3. The van der Waals surface area contributed by atoms with E-state index in [1.165, 1.54) is 147 Å². The molecule has 3 aliphatic carbocycles. The van der Waals surface area contributed by atoms with Gasteiger partial charge in [0.05, 0.1) is 16.5 Å². The summed E-state index contributed by atoms with van der Waals surface area (Å²) in [6.45, 7) is 10.1. The number of pyridine rings is 2. The zero-order valence-corrected chi connectivity index (χ0v) is 47.9. The second kappa shape index (κ2) is 17.6. The molecule has 0 N–H and O–H groups in total. The fraction of sp³-hybridized carbons (Fsp3) is 0.215. The number of anilines is 4. The molecular formula is C79H66N4. The van der Waals surface area contributed by atoms with Crippen LogP contribution in [0.5, 0.6) is 0 Å². The topological polar surface area (TPSA) is 32.3 Å². The van der Waals surface area contributed by atoms with Gasteiger partial charge in [-0.15, -0.1) is 0 Å². The van der Waals surface area contributed by atoms with Crippen LogP contribution >= 0.6 is 0 Å². The number of nitrogens with zero attached hydrogens (tertiary/aromatic N) is 4. The van der Waals surface area contributed by atoms with Gasteiger partial charge in [-0.2, -0.15) is 0 Å². The molecule has 2 aliphatic heterocycles. The SMILES string of the molecule is CC12CCCCC1(C)N(c1nccc3ccccc13)c1ccc(-c3ccc4c(c3)C(c3ccccc3)(c3ccccc3)c3c-4c4ccccc4c4cc(-c5ccc6c(c5)C5(C)CCCCC5(C)N6c5nccc6ccccc56)ccc34)cc12. The van der Waals surface area contributed by atoms with Crippen LogP contribution in [0.1, 0.15) is 112 Å². The van der Waals surface area contributed by atoms with Crippen LogP contribution in [0, 0.1) is 0 Å². The third kappa shape index (κ3) is 6.42. The van der Waals surface area contributed by atoms with Crippen molar-refractivity contribution < 1.29 is 0 Å². The molecule has 2 fully saturated rings. The summed E-state index contributed by atoms with van der Waals surface area (Å²) in [5, 5.41) is 10.0. The maximum Gasteiger partial charge on any atom is 0.141 e. The molecule has 4 atom stereocenters. The molecule has 10 aromatic carbocycles. The van der Waals surface area contributed by atoms with E-state index in [9.17, 15) is 0 Å². The maximum absolute atomic E-state index is 5.20. The molecular weight excluding hydrogens is 1000 g/mol. The molecule has 0 spiro atoms. The molecule has 0 bridgehead atoms. The molecule has 4 heterocycles. The summed E-state index contributed by atoms with van der Waals surface area (Å²) < 4.78 is 0. The summed E-state index contributed by atoms with van der Waals surface area (Å²) in [7, 11) is 0. The molecule has 4 heteroatoms. The molecule has 5 aliphatic rings. The largest absolute Gasteiger partial charge is 0.319 e. The van der Waals surface area contributed by atoms with Gasteiger partial charge in [-0.3, -0.25) is 0 Å². The van der Waals surface area contributed by atoms with Crippen molar-refractivity contribution in [1.29, 1.82) is 0 Å². The molecule has 2 aromatic heterocycles. The van der Waals surface area contributed by atoms with Gasteiger partial charge in [0.1, 0.15) is 11.6 Å². The van der Waals surface area contributed by atoms with Crippen molar-refractivity contribution in [3.05, 3.63) is 264 Å². The van der Waals surface area contributed by atoms with Gasteiger partial charge < -0.3 is 9.80 Å². The monoisotopic (exact) mass is 1070 g/mol. The fourth-order valence-corrected chi connectivity index (χ4v) is 17.6. The summed E-state index contributed by atoms with van der Waals surface area (Å²) in [4.78, 5) is 15.7. The van der Waals surface area contributed by atoms with Crippen molar-refractivity contribution in [3.8, 4) is 33.4 Å². The minimum Gasteiger partial charge on any atom is -0.319 e. The molecule has 4 unspecified atom stereocenters. The van der Waals surface area contributed by atoms with E-state index in [-0.39, 0.29) is 21.9 Å². The summed E-state index contributed by atoms with van der Waals surface area (Å²) >= 11 is 0. The fourth-order valence-electron chi connectivity index (χ4n) is 17.6. The van der Waals surface area contributed by atoms with Crippen LogP contribution in [0.25, 0.3) is 76.5 Å². The van der Waals surface area contributed by atoms with Gasteiger partial charge in [-0.1, -0.05) is 209 Å². The number of fused-ring (bicyclic) bond motifs is 16. The van der Waals surface area contributed by atoms with Crippen LogP contribution in [0.4, 0.5) is 23.0 Å². The Labute approximate surface area is 487 Å². The summed E-state index contributed by atoms with van der Waals surface area (Å²) in [6, 6.07) is 83.6. The molecule has 0 saturated heterocycles. The second-order valence-electron chi connectivity index (χ2n) is 25.8. The first-order chi connectivity index (χ1) is 40.6. The Balaban J connectivity index is 0.864. The molecule has 0 amide bonds. The normalized spacial score (nSPS) is 22.8. The van der Waals surface area contributed by atoms with E-state index in [4.69, 9.17) is 9.97 Å². The van der Waals surface area contributed by atoms with Gasteiger partial charge in [0.25, 0.3) is 0 Å². The van der Waals surface area contributed by atoms with Crippen LogP contribution in [0.2, 0.25) is 0 Å². The average molecular weight is 1070 g/mol. The molecule has 17 rings (SSSR count). The molecule has 83 heavy (non-hydrogen) atoms. The zero-order valence-electron chi connectivity index (χ0n) is 47.9. The van der Waals surface area contributed by atoms with E-state index in [2.05, 4.69) is 256 Å². The summed E-state index contributed by atoms with van der Waals surface area (Å²) in [5.74, 6) is 2.14. The lowest BCUT2D eigenvalue weighted by Crippen LogP contribution is -2.54. The average Bonchev–Trinajstić information content (AvgIpc) is 1.61. The Morgan fingerprint density at radius 2 is 0.783 bits per heavy atom. The van der Waals surface area contributed by atoms with E-state index in [1.807, 2.05) is 12.4 Å². The van der Waals surface area contributed by atoms with Crippen molar-refractivity contribution in [3.63, 3.8) is 0 Å². The predicted octanol–water partition coefficient (Wildman–Crippen LogP) is 20.3. The lowest BCUT2D eigenvalue weighted by Gasteiger charge is -2.50. The van der Waals surface area contributed by atoms with Crippen LogP contribution in [0.15, 0.2) is 231 Å². The zero-order chi connectivity index (χ0) is 55.5. The highest BCUT2D eigenvalue weighted by Gasteiger charge is 2.60. The van der Waals surface area contributed by atoms with E-state index in [0.29, 0.717) is 0 Å². The number of rotatable bonds is 6. The smallest absolute Gasteiger partial charge is 0.141 e. The number of aromatic nitrogens is 2. The van der Waals surface area contributed by atoms with Crippen molar-refractivity contribution in [2.45, 2.75) is 106 Å². The quantitative estimate of drug-likeness (QED) is 0.155. The van der Waals surface area contributed by atoms with Crippen LogP contribution < -0.4 is 9.80 Å². The Morgan fingerprint density at radius 1 is 0.349 bits per heavy atom. The first kappa shape index (κ1) is 48.8. The number of hydrogen-bond donors (Lipinski definition) is 0. The van der Waals surface area contributed by atoms with Gasteiger partial charge >= 0.3 is 0 Å². The van der Waals surface area contributed by atoms with Gasteiger partial charge in [0.2, 0.25) is 0 Å². The van der Waals surface area contributed by atoms with E-state index < -0.39 is 5.41 Å². The van der Waals surface area contributed by atoms with Gasteiger partial charge in [-0.05, 0) is 187 Å². The molecule has 402 valence electrons. The lowest BCUT2D eigenvalue weighted by molar-refractivity contribution is 0.194. The van der Waals surface area contributed by atoms with Crippen molar-refractivity contribution in [2.75, 3.05) is 9.80 Å². The Hall–Kier alpha value is -8.86. The first-order valence-electron chi connectivity index (χ1n) is 30.5. The van der Waals surface area contributed by atoms with Crippen molar-refractivity contribution in [2.24, 2.45) is 0 Å². The minimum absolute atomic E-state index is 0.0568. The van der Waals surface area contributed by atoms with Gasteiger partial charge in [0, 0.05) is 45.4 Å². The molecule has 2 saturated carbocycles. The highest BCUT2D eigenvalue weighted by molar-refractivity contribution is 6.20. The van der Waals surface area contributed by atoms with Crippen LogP contribution in [0.3, 0.4) is 0 Å². The van der Waals surface area contributed by atoms with Crippen LogP contribution in [-0.4, -0.2) is 21.0 Å². The standard InChI is InChI=1S/C79H66N4/c1-75-41-17-19-43-77(75,3)82(73-59-27-13-11-21-51(59)39-45-80-73)69-37-33-55(49-67(69)75)53-31-35-63-65(47-53)61-29-15-16-30-62(61)71-64-36-32-54(48-66(64)79(72(63)71,57-23-7-5-8-24-57)58-25-9-6-10-26-58)56-34-38-70-68(50-56)76(2)42-18-20-44-78(76,4)83(70)74-60-28-14-12-22-52(60)40-46-81-74/h5-16,21-40,45-50H,17-20,41-44H2,1-4H3. The number of benzene rings is 10. The third-order valence-electron chi connectivity index (χ3n) is 22.1. The molecule has 12 aromatic rings. The lowest BCUT2D eigenvalue weighted by atomic mass is 9.61.